The Bertz CT molecular complexity index is 140. The molecule has 4 heteroatoms. The molecule has 0 aromatic heterocycles. The molecule has 1 N–H and O–H groups in total. The van der Waals surface area contributed by atoms with Crippen LogP contribution < -0.4 is 5.32 Å². The fourth-order valence-electron chi connectivity index (χ4n) is 1.01. The zero-order valence-electron chi connectivity index (χ0n) is 5.76. The maximum atomic E-state index is 10.9. The van der Waals surface area contributed by atoms with Crippen LogP contribution in [0, 0.1) is 0 Å². The summed E-state index contributed by atoms with van der Waals surface area (Å²) in [7, 11) is 1.41. The molecule has 0 radical (unpaired) electrons. The Labute approximate surface area is 68.3 Å². The first-order valence-electron chi connectivity index (χ1n) is 3.19. The van der Waals surface area contributed by atoms with Gasteiger partial charge in [0.05, 0.1) is 7.11 Å². The molecule has 1 saturated heterocycles. The number of halogens is 1. The number of alkyl halides is 1. The van der Waals surface area contributed by atoms with Gasteiger partial charge in [0.15, 0.2) is 0 Å². The summed E-state index contributed by atoms with van der Waals surface area (Å²) < 4.78 is 4.56. The Kier molecular flexibility index (Phi) is 2.68. The average Bonchev–Trinajstić information content (AvgIpc) is 2.34. The highest BCUT2D eigenvalue weighted by Crippen LogP contribution is 2.14. The summed E-state index contributed by atoms with van der Waals surface area (Å²) in [5, 5.41) is 3.04. The maximum Gasteiger partial charge on any atom is 0.322 e. The van der Waals surface area contributed by atoms with Crippen molar-refractivity contribution in [1.29, 1.82) is 0 Å². The van der Waals surface area contributed by atoms with Crippen LogP contribution >= 0.6 is 15.9 Å². The first-order chi connectivity index (χ1) is 4.74. The van der Waals surface area contributed by atoms with Gasteiger partial charge >= 0.3 is 5.97 Å². The summed E-state index contributed by atoms with van der Waals surface area (Å²) in [4.78, 5) is 11.3. The lowest BCUT2D eigenvalue weighted by atomic mass is 10.2. The molecule has 0 amide bonds. The molecule has 1 heterocycles. The molecule has 1 rings (SSSR count). The average molecular weight is 208 g/mol. The Morgan fingerprint density at radius 3 is 2.90 bits per heavy atom. The van der Waals surface area contributed by atoms with Crippen molar-refractivity contribution in [3.05, 3.63) is 0 Å². The number of ether oxygens (including phenoxy) is 1. The number of carbonyl (C=O) groups excluding carboxylic acids is 1. The number of carbonyl (C=O) groups is 1. The van der Waals surface area contributed by atoms with E-state index in [2.05, 4.69) is 26.0 Å². The summed E-state index contributed by atoms with van der Waals surface area (Å²) in [5.74, 6) is -0.165. The summed E-state index contributed by atoms with van der Waals surface area (Å²) in [6.45, 7) is 0.847. The van der Waals surface area contributed by atoms with Crippen LogP contribution in [0.3, 0.4) is 0 Å². The number of rotatable bonds is 1. The van der Waals surface area contributed by atoms with Gasteiger partial charge in [0, 0.05) is 11.4 Å². The van der Waals surface area contributed by atoms with Gasteiger partial charge in [0.2, 0.25) is 0 Å². The first kappa shape index (κ1) is 8.01. The third kappa shape index (κ3) is 1.70. The smallest absolute Gasteiger partial charge is 0.322 e. The molecule has 0 aromatic carbocycles. The van der Waals surface area contributed by atoms with Crippen molar-refractivity contribution in [2.45, 2.75) is 17.3 Å². The van der Waals surface area contributed by atoms with Gasteiger partial charge < -0.3 is 10.1 Å². The van der Waals surface area contributed by atoms with Crippen LogP contribution in [0.4, 0.5) is 0 Å². The topological polar surface area (TPSA) is 38.3 Å². The minimum Gasteiger partial charge on any atom is -0.468 e. The highest BCUT2D eigenvalue weighted by molar-refractivity contribution is 9.09. The van der Waals surface area contributed by atoms with Crippen LogP contribution in [0.25, 0.3) is 0 Å². The molecular weight excluding hydrogens is 198 g/mol. The lowest BCUT2D eigenvalue weighted by Gasteiger charge is -2.05. The summed E-state index contributed by atoms with van der Waals surface area (Å²) in [5.41, 5.74) is 0. The summed E-state index contributed by atoms with van der Waals surface area (Å²) in [6, 6.07) is -0.102. The molecule has 0 bridgehead atoms. The summed E-state index contributed by atoms with van der Waals surface area (Å²) >= 11 is 3.41. The molecule has 2 atom stereocenters. The monoisotopic (exact) mass is 207 g/mol. The zero-order chi connectivity index (χ0) is 7.56. The van der Waals surface area contributed by atoms with E-state index in [-0.39, 0.29) is 12.0 Å². The lowest BCUT2D eigenvalue weighted by molar-refractivity contribution is -0.142. The van der Waals surface area contributed by atoms with Gasteiger partial charge in [-0.25, -0.2) is 0 Å². The van der Waals surface area contributed by atoms with Gasteiger partial charge in [-0.05, 0) is 6.42 Å². The largest absolute Gasteiger partial charge is 0.468 e. The second-order valence-corrected chi connectivity index (χ2v) is 3.61. The number of esters is 1. The van der Waals surface area contributed by atoms with Crippen LogP contribution in [0.5, 0.6) is 0 Å². The van der Waals surface area contributed by atoms with Gasteiger partial charge in [-0.3, -0.25) is 4.79 Å². The van der Waals surface area contributed by atoms with Crippen molar-refractivity contribution >= 4 is 21.9 Å². The van der Waals surface area contributed by atoms with E-state index in [4.69, 9.17) is 0 Å². The molecule has 0 saturated carbocycles. The number of hydrogen-bond acceptors (Lipinski definition) is 3. The van der Waals surface area contributed by atoms with E-state index in [0.29, 0.717) is 4.83 Å². The molecular formula is C6H10BrNO2. The maximum absolute atomic E-state index is 10.9. The van der Waals surface area contributed by atoms with Gasteiger partial charge in [-0.15, -0.1) is 0 Å². The predicted octanol–water partition coefficient (Wildman–Crippen LogP) is 0.285. The fraction of sp³-hybridized carbons (Fsp3) is 0.833. The van der Waals surface area contributed by atoms with Gasteiger partial charge in [0.1, 0.15) is 6.04 Å². The molecule has 0 aromatic rings. The predicted molar refractivity (Wildman–Crippen MR) is 41.1 cm³/mol. The van der Waals surface area contributed by atoms with Gasteiger partial charge in [-0.2, -0.15) is 0 Å². The second-order valence-electron chi connectivity index (χ2n) is 2.32. The van der Waals surface area contributed by atoms with Crippen molar-refractivity contribution < 1.29 is 9.53 Å². The number of methoxy groups -OCH3 is 1. The second kappa shape index (κ2) is 3.34. The Morgan fingerprint density at radius 1 is 1.80 bits per heavy atom. The number of nitrogens with one attached hydrogen (secondary N) is 1. The van der Waals surface area contributed by atoms with E-state index in [0.717, 1.165) is 13.0 Å². The Morgan fingerprint density at radius 2 is 2.50 bits per heavy atom. The molecule has 1 aliphatic heterocycles. The normalized spacial score (nSPS) is 32.2. The van der Waals surface area contributed by atoms with Gasteiger partial charge in [0.25, 0.3) is 0 Å². The SMILES string of the molecule is COC(=O)C1CC(Br)CN1. The minimum absolute atomic E-state index is 0.102. The van der Waals surface area contributed by atoms with E-state index < -0.39 is 0 Å². The molecule has 0 spiro atoms. The van der Waals surface area contributed by atoms with E-state index in [1.54, 1.807) is 0 Å². The van der Waals surface area contributed by atoms with Crippen molar-refractivity contribution in [3.63, 3.8) is 0 Å². The van der Waals surface area contributed by atoms with Crippen LogP contribution in [0.15, 0.2) is 0 Å². The molecule has 1 fully saturated rings. The third-order valence-corrected chi connectivity index (χ3v) is 2.26. The Balaban J connectivity index is 2.37. The molecule has 10 heavy (non-hydrogen) atoms. The Hall–Kier alpha value is -0.0900. The molecule has 58 valence electrons. The lowest BCUT2D eigenvalue weighted by Crippen LogP contribution is -2.31. The van der Waals surface area contributed by atoms with E-state index in [9.17, 15) is 4.79 Å². The standard InChI is InChI=1S/C6H10BrNO2/c1-10-6(9)5-2-4(7)3-8-5/h4-5,8H,2-3H2,1H3. The quantitative estimate of drug-likeness (QED) is 0.497. The molecule has 2 unspecified atom stereocenters. The van der Waals surface area contributed by atoms with Crippen molar-refractivity contribution in [1.82, 2.24) is 5.32 Å². The molecule has 1 aliphatic rings. The van der Waals surface area contributed by atoms with Crippen LogP contribution in [-0.2, 0) is 9.53 Å². The molecule has 3 nitrogen and oxygen atoms in total. The summed E-state index contributed by atoms with van der Waals surface area (Å²) in [6.07, 6.45) is 0.826. The first-order valence-corrected chi connectivity index (χ1v) is 4.11. The zero-order valence-corrected chi connectivity index (χ0v) is 7.35. The van der Waals surface area contributed by atoms with Crippen LogP contribution in [-0.4, -0.2) is 30.5 Å². The van der Waals surface area contributed by atoms with Crippen molar-refractivity contribution in [2.24, 2.45) is 0 Å². The van der Waals surface area contributed by atoms with Gasteiger partial charge in [-0.1, -0.05) is 15.9 Å². The van der Waals surface area contributed by atoms with E-state index in [1.807, 2.05) is 0 Å². The number of hydrogen-bond donors (Lipinski definition) is 1. The highest BCUT2D eigenvalue weighted by atomic mass is 79.9. The van der Waals surface area contributed by atoms with Crippen molar-refractivity contribution in [3.8, 4) is 0 Å². The highest BCUT2D eigenvalue weighted by Gasteiger charge is 2.27. The van der Waals surface area contributed by atoms with Crippen LogP contribution in [0.2, 0.25) is 0 Å². The third-order valence-electron chi connectivity index (χ3n) is 1.56. The van der Waals surface area contributed by atoms with Crippen LogP contribution in [0.1, 0.15) is 6.42 Å². The van der Waals surface area contributed by atoms with E-state index >= 15 is 0 Å². The minimum atomic E-state index is -0.165. The molecule has 0 aliphatic carbocycles. The van der Waals surface area contributed by atoms with E-state index in [1.165, 1.54) is 7.11 Å². The van der Waals surface area contributed by atoms with Crippen molar-refractivity contribution in [2.75, 3.05) is 13.7 Å². The fourth-order valence-corrected chi connectivity index (χ4v) is 1.58.